The van der Waals surface area contributed by atoms with Gasteiger partial charge in [0.05, 0.1) is 19.9 Å². The van der Waals surface area contributed by atoms with Gasteiger partial charge in [0.25, 0.3) is 0 Å². The average Bonchev–Trinajstić information content (AvgIpc) is 3.25. The first kappa shape index (κ1) is 24.4. The Kier molecular flexibility index (Phi) is 9.57. The number of hydrogen-bond donors (Lipinski definition) is 2. The van der Waals surface area contributed by atoms with Crippen LogP contribution in [-0.4, -0.2) is 38.8 Å². The molecule has 0 aliphatic rings. The third-order valence-electron chi connectivity index (χ3n) is 4.48. The fourth-order valence-electron chi connectivity index (χ4n) is 2.85. The number of aliphatic imine (C=N–C) groups is 1. The van der Waals surface area contributed by atoms with Crippen molar-refractivity contribution in [3.63, 3.8) is 0 Å². The number of nitrogens with zero attached hydrogens (tertiary/aromatic N) is 2. The second kappa shape index (κ2) is 12.1. The molecule has 1 aromatic heterocycles. The third-order valence-corrected chi connectivity index (χ3v) is 4.48. The predicted octanol–water partition coefficient (Wildman–Crippen LogP) is 4.02. The number of methoxy groups -OCH3 is 2. The van der Waals surface area contributed by atoms with E-state index in [1.54, 1.807) is 39.7 Å². The van der Waals surface area contributed by atoms with Gasteiger partial charge in [-0.05, 0) is 36.4 Å². The van der Waals surface area contributed by atoms with Gasteiger partial charge in [-0.3, -0.25) is 4.99 Å². The highest BCUT2D eigenvalue weighted by molar-refractivity contribution is 14.0. The first-order chi connectivity index (χ1) is 14.6. The van der Waals surface area contributed by atoms with E-state index in [-0.39, 0.29) is 29.8 Å². The van der Waals surface area contributed by atoms with Gasteiger partial charge < -0.3 is 24.5 Å². The third kappa shape index (κ3) is 6.84. The van der Waals surface area contributed by atoms with Crippen LogP contribution >= 0.6 is 24.0 Å². The SMILES string of the molecule is CN=C(NCCc1coc(-c2ccc(F)cc2)n1)NCc1ccc(OC)cc1OC.I. The molecular formula is C22H26FIN4O3. The number of ether oxygens (including phenoxy) is 2. The molecule has 0 saturated heterocycles. The number of aromatic nitrogens is 1. The van der Waals surface area contributed by atoms with Crippen LogP contribution in [0.2, 0.25) is 0 Å². The first-order valence-electron chi connectivity index (χ1n) is 9.48. The van der Waals surface area contributed by atoms with E-state index >= 15 is 0 Å². The summed E-state index contributed by atoms with van der Waals surface area (Å²) in [5.41, 5.74) is 2.53. The maximum atomic E-state index is 13.0. The summed E-state index contributed by atoms with van der Waals surface area (Å²) in [7, 11) is 4.96. The number of nitrogens with one attached hydrogen (secondary N) is 2. The molecule has 0 bridgehead atoms. The van der Waals surface area contributed by atoms with Crippen LogP contribution in [0.15, 0.2) is 58.1 Å². The highest BCUT2D eigenvalue weighted by Crippen LogP contribution is 2.24. The van der Waals surface area contributed by atoms with Crippen LogP contribution in [0.4, 0.5) is 4.39 Å². The van der Waals surface area contributed by atoms with Crippen LogP contribution in [0.1, 0.15) is 11.3 Å². The zero-order valence-corrected chi connectivity index (χ0v) is 20.0. The Labute approximate surface area is 198 Å². The highest BCUT2D eigenvalue weighted by atomic mass is 127. The topological polar surface area (TPSA) is 80.9 Å². The number of rotatable bonds is 8. The van der Waals surface area contributed by atoms with Gasteiger partial charge in [-0.15, -0.1) is 24.0 Å². The smallest absolute Gasteiger partial charge is 0.226 e. The van der Waals surface area contributed by atoms with E-state index < -0.39 is 0 Å². The molecule has 166 valence electrons. The summed E-state index contributed by atoms with van der Waals surface area (Å²) < 4.78 is 29.2. The van der Waals surface area contributed by atoms with Crippen molar-refractivity contribution in [3.8, 4) is 23.0 Å². The minimum absolute atomic E-state index is 0. The fourth-order valence-corrected chi connectivity index (χ4v) is 2.85. The lowest BCUT2D eigenvalue weighted by Gasteiger charge is -2.14. The van der Waals surface area contributed by atoms with E-state index in [4.69, 9.17) is 13.9 Å². The van der Waals surface area contributed by atoms with Crippen molar-refractivity contribution in [2.45, 2.75) is 13.0 Å². The molecule has 0 fully saturated rings. The summed E-state index contributed by atoms with van der Waals surface area (Å²) in [6, 6.07) is 11.7. The second-order valence-corrected chi connectivity index (χ2v) is 6.43. The molecule has 3 aromatic rings. The molecule has 31 heavy (non-hydrogen) atoms. The van der Waals surface area contributed by atoms with Gasteiger partial charge >= 0.3 is 0 Å². The van der Waals surface area contributed by atoms with Crippen LogP contribution in [0.25, 0.3) is 11.5 Å². The molecule has 0 saturated carbocycles. The van der Waals surface area contributed by atoms with Crippen molar-refractivity contribution < 1.29 is 18.3 Å². The number of halogens is 2. The Morgan fingerprint density at radius 3 is 2.55 bits per heavy atom. The molecule has 9 heteroatoms. The molecule has 0 unspecified atom stereocenters. The highest BCUT2D eigenvalue weighted by Gasteiger charge is 2.08. The van der Waals surface area contributed by atoms with Gasteiger partial charge in [-0.25, -0.2) is 9.37 Å². The van der Waals surface area contributed by atoms with Gasteiger partial charge in [0.15, 0.2) is 5.96 Å². The molecule has 0 aliphatic heterocycles. The molecule has 1 heterocycles. The van der Waals surface area contributed by atoms with E-state index in [1.807, 2.05) is 18.2 Å². The monoisotopic (exact) mass is 540 g/mol. The zero-order chi connectivity index (χ0) is 21.3. The molecule has 7 nitrogen and oxygen atoms in total. The molecule has 0 atom stereocenters. The summed E-state index contributed by atoms with van der Waals surface area (Å²) in [6.45, 7) is 1.17. The molecule has 0 radical (unpaired) electrons. The largest absolute Gasteiger partial charge is 0.497 e. The first-order valence-corrected chi connectivity index (χ1v) is 9.48. The van der Waals surface area contributed by atoms with Gasteiger partial charge in [0.2, 0.25) is 5.89 Å². The van der Waals surface area contributed by atoms with Gasteiger partial charge in [-0.1, -0.05) is 0 Å². The molecule has 0 amide bonds. The minimum Gasteiger partial charge on any atom is -0.497 e. The number of hydrogen-bond acceptors (Lipinski definition) is 5. The zero-order valence-electron chi connectivity index (χ0n) is 17.6. The summed E-state index contributed by atoms with van der Waals surface area (Å²) >= 11 is 0. The summed E-state index contributed by atoms with van der Waals surface area (Å²) in [5.74, 6) is 2.33. The molecule has 0 spiro atoms. The van der Waals surface area contributed by atoms with Crippen LogP contribution in [0.3, 0.4) is 0 Å². The van der Waals surface area contributed by atoms with Gasteiger partial charge in [0, 0.05) is 43.8 Å². The van der Waals surface area contributed by atoms with E-state index in [0.717, 1.165) is 28.3 Å². The lowest BCUT2D eigenvalue weighted by Crippen LogP contribution is -2.37. The maximum absolute atomic E-state index is 13.0. The Hall–Kier alpha value is -2.82. The quantitative estimate of drug-likeness (QED) is 0.255. The van der Waals surface area contributed by atoms with Crippen molar-refractivity contribution in [3.05, 3.63) is 65.8 Å². The number of benzene rings is 2. The standard InChI is InChI=1S/C22H25FN4O3.HI/c1-24-22(26-13-16-6-9-19(28-2)12-20(16)29-3)25-11-10-18-14-30-21(27-18)15-4-7-17(23)8-5-15;/h4-9,12,14H,10-11,13H2,1-3H3,(H2,24,25,26);1H. The molecule has 0 aliphatic carbocycles. The van der Waals surface area contributed by atoms with Crippen LogP contribution < -0.4 is 20.1 Å². The minimum atomic E-state index is -0.291. The van der Waals surface area contributed by atoms with Crippen molar-refractivity contribution >= 4 is 29.9 Å². The summed E-state index contributed by atoms with van der Waals surface area (Å²) in [4.78, 5) is 8.68. The Morgan fingerprint density at radius 2 is 1.87 bits per heavy atom. The van der Waals surface area contributed by atoms with E-state index in [0.29, 0.717) is 31.4 Å². The van der Waals surface area contributed by atoms with Crippen molar-refractivity contribution in [2.75, 3.05) is 27.8 Å². The van der Waals surface area contributed by atoms with Crippen LogP contribution in [0, 0.1) is 5.82 Å². The Balaban J connectivity index is 0.00000341. The molecule has 2 N–H and O–H groups in total. The van der Waals surface area contributed by atoms with Crippen molar-refractivity contribution in [2.24, 2.45) is 4.99 Å². The van der Waals surface area contributed by atoms with E-state index in [2.05, 4.69) is 20.6 Å². The fraction of sp³-hybridized carbons (Fsp3) is 0.273. The molecular weight excluding hydrogens is 514 g/mol. The number of guanidine groups is 1. The van der Waals surface area contributed by atoms with Crippen LogP contribution in [0.5, 0.6) is 11.5 Å². The Bertz CT molecular complexity index is 993. The molecule has 3 rings (SSSR count). The van der Waals surface area contributed by atoms with Gasteiger partial charge in [-0.2, -0.15) is 0 Å². The number of oxazole rings is 1. The van der Waals surface area contributed by atoms with E-state index in [9.17, 15) is 4.39 Å². The second-order valence-electron chi connectivity index (χ2n) is 6.43. The maximum Gasteiger partial charge on any atom is 0.226 e. The predicted molar refractivity (Wildman–Crippen MR) is 129 cm³/mol. The van der Waals surface area contributed by atoms with Crippen LogP contribution in [-0.2, 0) is 13.0 Å². The lowest BCUT2D eigenvalue weighted by atomic mass is 10.2. The lowest BCUT2D eigenvalue weighted by molar-refractivity contribution is 0.390. The summed E-state index contributed by atoms with van der Waals surface area (Å²) in [6.07, 6.45) is 2.26. The Morgan fingerprint density at radius 1 is 1.10 bits per heavy atom. The van der Waals surface area contributed by atoms with E-state index in [1.165, 1.54) is 12.1 Å². The van der Waals surface area contributed by atoms with Crippen molar-refractivity contribution in [1.29, 1.82) is 0 Å². The average molecular weight is 540 g/mol. The molecule has 2 aromatic carbocycles. The van der Waals surface area contributed by atoms with Gasteiger partial charge in [0.1, 0.15) is 23.6 Å². The summed E-state index contributed by atoms with van der Waals surface area (Å²) in [5, 5.41) is 6.51. The normalized spacial score (nSPS) is 10.9. The van der Waals surface area contributed by atoms with Crippen molar-refractivity contribution in [1.82, 2.24) is 15.6 Å².